The lowest BCUT2D eigenvalue weighted by molar-refractivity contribution is -0.144. The minimum absolute atomic E-state index is 0.154. The first kappa shape index (κ1) is 8.90. The molecule has 0 radical (unpaired) electrons. The first-order valence-electron chi connectivity index (χ1n) is 3.89. The van der Waals surface area contributed by atoms with Crippen LogP contribution in [0.3, 0.4) is 0 Å². The highest BCUT2D eigenvalue weighted by atomic mass is 16.2. The summed E-state index contributed by atoms with van der Waals surface area (Å²) < 4.78 is 0. The van der Waals surface area contributed by atoms with Crippen molar-refractivity contribution < 1.29 is 14.4 Å². The van der Waals surface area contributed by atoms with Crippen LogP contribution < -0.4 is 0 Å². The molecule has 0 spiro atoms. The predicted octanol–water partition coefficient (Wildman–Crippen LogP) is 0.113. The summed E-state index contributed by atoms with van der Waals surface area (Å²) in [6.07, 6.45) is 0.493. The number of ketones is 1. The molecule has 1 atom stereocenters. The van der Waals surface area contributed by atoms with Crippen molar-refractivity contribution in [3.8, 4) is 0 Å². The molecule has 2 amide bonds. The van der Waals surface area contributed by atoms with E-state index in [1.807, 2.05) is 0 Å². The van der Waals surface area contributed by atoms with E-state index in [0.29, 0.717) is 0 Å². The number of carbonyl (C=O) groups excluding carboxylic acids is 3. The zero-order valence-electron chi connectivity index (χ0n) is 7.16. The average Bonchev–Trinajstić information content (AvgIpc) is 2.30. The van der Waals surface area contributed by atoms with Gasteiger partial charge < -0.3 is 0 Å². The molecule has 0 aromatic heterocycles. The first-order chi connectivity index (χ1) is 5.54. The van der Waals surface area contributed by atoms with Crippen molar-refractivity contribution in [3.63, 3.8) is 0 Å². The van der Waals surface area contributed by atoms with Crippen molar-refractivity contribution in [1.29, 1.82) is 0 Å². The van der Waals surface area contributed by atoms with Gasteiger partial charge in [-0.05, 0) is 13.8 Å². The van der Waals surface area contributed by atoms with Crippen LogP contribution in [0.5, 0.6) is 0 Å². The van der Waals surface area contributed by atoms with Gasteiger partial charge in [0.05, 0.1) is 6.04 Å². The van der Waals surface area contributed by atoms with Crippen LogP contribution in [0.4, 0.5) is 0 Å². The lowest BCUT2D eigenvalue weighted by Crippen LogP contribution is -2.41. The average molecular weight is 169 g/mol. The van der Waals surface area contributed by atoms with E-state index >= 15 is 0 Å². The van der Waals surface area contributed by atoms with Crippen LogP contribution in [0.25, 0.3) is 0 Å². The number of nitrogens with zero attached hydrogens (tertiary/aromatic N) is 1. The maximum atomic E-state index is 11.1. The fourth-order valence-electron chi connectivity index (χ4n) is 1.21. The maximum absolute atomic E-state index is 11.1. The van der Waals surface area contributed by atoms with Crippen molar-refractivity contribution in [2.24, 2.45) is 0 Å². The number of likely N-dealkylation sites (tertiary alicyclic amines) is 1. The van der Waals surface area contributed by atoms with E-state index < -0.39 is 6.04 Å². The van der Waals surface area contributed by atoms with Crippen molar-refractivity contribution in [2.75, 3.05) is 0 Å². The highest BCUT2D eigenvalue weighted by Crippen LogP contribution is 2.15. The van der Waals surface area contributed by atoms with Gasteiger partial charge in [0.25, 0.3) is 0 Å². The number of Topliss-reactive ketones (excluding diaryl/α,β-unsaturated/α-hetero) is 1. The third kappa shape index (κ3) is 1.37. The fraction of sp³-hybridized carbons (Fsp3) is 0.625. The quantitative estimate of drug-likeness (QED) is 0.551. The number of amides is 2. The van der Waals surface area contributed by atoms with Crippen molar-refractivity contribution in [2.45, 2.75) is 32.7 Å². The topological polar surface area (TPSA) is 54.5 Å². The summed E-state index contributed by atoms with van der Waals surface area (Å²) in [5.41, 5.74) is 0. The molecule has 4 heteroatoms. The standard InChI is InChI=1S/C8H11NO3/c1-5(6(2)10)9-7(11)3-4-8(9)12/h5H,3-4H2,1-2H3. The lowest BCUT2D eigenvalue weighted by atomic mass is 10.2. The van der Waals surface area contributed by atoms with Gasteiger partial charge in [-0.3, -0.25) is 19.3 Å². The molecular weight excluding hydrogens is 158 g/mol. The molecule has 1 heterocycles. The fourth-order valence-corrected chi connectivity index (χ4v) is 1.21. The van der Waals surface area contributed by atoms with Crippen molar-refractivity contribution >= 4 is 17.6 Å². The van der Waals surface area contributed by atoms with Crippen LogP contribution in [-0.4, -0.2) is 28.5 Å². The lowest BCUT2D eigenvalue weighted by Gasteiger charge is -2.19. The Morgan fingerprint density at radius 3 is 2.08 bits per heavy atom. The summed E-state index contributed by atoms with van der Waals surface area (Å²) in [5, 5.41) is 0. The number of hydrogen-bond donors (Lipinski definition) is 0. The number of carbonyl (C=O) groups is 3. The molecule has 1 rings (SSSR count). The summed E-state index contributed by atoms with van der Waals surface area (Å²) in [7, 11) is 0. The van der Waals surface area contributed by atoms with Gasteiger partial charge in [0.1, 0.15) is 0 Å². The van der Waals surface area contributed by atoms with Crippen LogP contribution in [0.15, 0.2) is 0 Å². The Morgan fingerprint density at radius 2 is 1.75 bits per heavy atom. The second-order valence-electron chi connectivity index (χ2n) is 2.94. The number of imide groups is 1. The second kappa shape index (κ2) is 3.05. The molecule has 0 aromatic carbocycles. The van der Waals surface area contributed by atoms with Crippen LogP contribution in [0.1, 0.15) is 26.7 Å². The van der Waals surface area contributed by atoms with Gasteiger partial charge in [-0.2, -0.15) is 0 Å². The monoisotopic (exact) mass is 169 g/mol. The minimum Gasteiger partial charge on any atom is -0.298 e. The zero-order valence-corrected chi connectivity index (χ0v) is 7.16. The molecule has 0 bridgehead atoms. The molecule has 1 aliphatic rings. The van der Waals surface area contributed by atoms with Gasteiger partial charge in [-0.15, -0.1) is 0 Å². The summed E-state index contributed by atoms with van der Waals surface area (Å²) >= 11 is 0. The molecule has 0 aromatic rings. The molecule has 1 fully saturated rings. The number of hydrogen-bond acceptors (Lipinski definition) is 3. The Hall–Kier alpha value is -1.19. The van der Waals surface area contributed by atoms with E-state index in [1.165, 1.54) is 6.92 Å². The summed E-state index contributed by atoms with van der Waals surface area (Å²) in [5.74, 6) is -0.621. The highest BCUT2D eigenvalue weighted by molar-refractivity contribution is 6.05. The molecule has 66 valence electrons. The van der Waals surface area contributed by atoms with Crippen molar-refractivity contribution in [1.82, 2.24) is 4.90 Å². The number of rotatable bonds is 2. The maximum Gasteiger partial charge on any atom is 0.230 e. The molecule has 0 saturated carbocycles. The third-order valence-electron chi connectivity index (χ3n) is 2.07. The van der Waals surface area contributed by atoms with Gasteiger partial charge in [0.2, 0.25) is 11.8 Å². The van der Waals surface area contributed by atoms with Gasteiger partial charge in [0.15, 0.2) is 5.78 Å². The smallest absolute Gasteiger partial charge is 0.230 e. The SMILES string of the molecule is CC(=O)C(C)N1C(=O)CCC1=O. The normalized spacial score (nSPS) is 20.0. The molecule has 1 aliphatic heterocycles. The zero-order chi connectivity index (χ0) is 9.30. The molecule has 12 heavy (non-hydrogen) atoms. The van der Waals surface area contributed by atoms with Gasteiger partial charge in [-0.1, -0.05) is 0 Å². The second-order valence-corrected chi connectivity index (χ2v) is 2.94. The Morgan fingerprint density at radius 1 is 1.33 bits per heavy atom. The molecule has 0 aliphatic carbocycles. The van der Waals surface area contributed by atoms with Crippen LogP contribution in [0.2, 0.25) is 0 Å². The van der Waals surface area contributed by atoms with E-state index in [0.717, 1.165) is 4.90 Å². The molecule has 0 N–H and O–H groups in total. The summed E-state index contributed by atoms with van der Waals surface area (Å²) in [4.78, 5) is 34.1. The van der Waals surface area contributed by atoms with Gasteiger partial charge >= 0.3 is 0 Å². The van der Waals surface area contributed by atoms with E-state index in [2.05, 4.69) is 0 Å². The van der Waals surface area contributed by atoms with E-state index in [1.54, 1.807) is 6.92 Å². The first-order valence-corrected chi connectivity index (χ1v) is 3.89. The van der Waals surface area contributed by atoms with Crippen LogP contribution in [-0.2, 0) is 14.4 Å². The molecule has 1 unspecified atom stereocenters. The molecule has 4 nitrogen and oxygen atoms in total. The third-order valence-corrected chi connectivity index (χ3v) is 2.07. The van der Waals surface area contributed by atoms with Gasteiger partial charge in [0, 0.05) is 12.8 Å². The molecule has 1 saturated heterocycles. The van der Waals surface area contributed by atoms with Crippen LogP contribution in [0, 0.1) is 0 Å². The van der Waals surface area contributed by atoms with Crippen LogP contribution >= 0.6 is 0 Å². The van der Waals surface area contributed by atoms with E-state index in [9.17, 15) is 14.4 Å². The predicted molar refractivity (Wildman–Crippen MR) is 41.2 cm³/mol. The molecular formula is C8H11NO3. The Bertz CT molecular complexity index is 231. The Labute approximate surface area is 70.5 Å². The minimum atomic E-state index is -0.590. The summed E-state index contributed by atoms with van der Waals surface area (Å²) in [6.45, 7) is 2.95. The highest BCUT2D eigenvalue weighted by Gasteiger charge is 2.34. The van der Waals surface area contributed by atoms with Crippen molar-refractivity contribution in [3.05, 3.63) is 0 Å². The summed E-state index contributed by atoms with van der Waals surface area (Å²) in [6, 6.07) is -0.590. The van der Waals surface area contributed by atoms with E-state index in [-0.39, 0.29) is 30.4 Å². The Kier molecular flexibility index (Phi) is 2.26. The van der Waals surface area contributed by atoms with E-state index in [4.69, 9.17) is 0 Å². The Balaban J connectivity index is 2.79. The largest absolute Gasteiger partial charge is 0.298 e. The van der Waals surface area contributed by atoms with Gasteiger partial charge in [-0.25, -0.2) is 0 Å².